The number of hydrogen-bond donors (Lipinski definition) is 1. The van der Waals surface area contributed by atoms with Gasteiger partial charge in [0.1, 0.15) is 17.3 Å². The number of methoxy groups -OCH3 is 1. The fourth-order valence-electron chi connectivity index (χ4n) is 3.95. The van der Waals surface area contributed by atoms with Gasteiger partial charge in [-0.25, -0.2) is 0 Å². The van der Waals surface area contributed by atoms with Gasteiger partial charge in [0.05, 0.1) is 25.3 Å². The van der Waals surface area contributed by atoms with Crippen LogP contribution >= 0.6 is 0 Å². The third kappa shape index (κ3) is 4.64. The molecule has 1 aliphatic rings. The molecule has 1 aliphatic heterocycles. The summed E-state index contributed by atoms with van der Waals surface area (Å²) in [4.78, 5) is 31.8. The Morgan fingerprint density at radius 2 is 1.62 bits per heavy atom. The van der Waals surface area contributed by atoms with Crippen molar-refractivity contribution in [2.45, 2.75) is 25.9 Å². The minimum Gasteiger partial charge on any atom is -0.507 e. The lowest BCUT2D eigenvalue weighted by atomic mass is 9.96. The first-order valence-electron chi connectivity index (χ1n) is 11.1. The summed E-state index contributed by atoms with van der Waals surface area (Å²) in [5.74, 6) is -0.243. The van der Waals surface area contributed by atoms with Crippen molar-refractivity contribution in [2.75, 3.05) is 13.7 Å². The van der Waals surface area contributed by atoms with Gasteiger partial charge in [-0.1, -0.05) is 19.1 Å². The Hall–Kier alpha value is -4.13. The topological polar surface area (TPSA) is 89.0 Å². The van der Waals surface area contributed by atoms with Gasteiger partial charge in [0, 0.05) is 24.5 Å². The highest BCUT2D eigenvalue weighted by Crippen LogP contribution is 2.40. The number of nitrogens with zero attached hydrogens (tertiary/aromatic N) is 2. The molecule has 3 aromatic rings. The second-order valence-electron chi connectivity index (χ2n) is 7.93. The van der Waals surface area contributed by atoms with Crippen LogP contribution in [0.25, 0.3) is 5.76 Å². The smallest absolute Gasteiger partial charge is 0.295 e. The van der Waals surface area contributed by atoms with Crippen LogP contribution in [0.15, 0.2) is 78.6 Å². The summed E-state index contributed by atoms with van der Waals surface area (Å²) in [6.07, 6.45) is 4.08. The minimum atomic E-state index is -0.749. The van der Waals surface area contributed by atoms with Crippen molar-refractivity contribution >= 4 is 17.4 Å². The number of hydrogen-bond acceptors (Lipinski definition) is 6. The van der Waals surface area contributed by atoms with Crippen molar-refractivity contribution in [3.63, 3.8) is 0 Å². The minimum absolute atomic E-state index is 0.0481. The monoisotopic (exact) mass is 458 g/mol. The maximum Gasteiger partial charge on any atom is 0.295 e. The number of ketones is 1. The van der Waals surface area contributed by atoms with E-state index in [-0.39, 0.29) is 17.9 Å². The standard InChI is InChI=1S/C27H26N2O5/c1-3-16-34-22-10-6-20(7-11-22)25(30)23-24(19-12-14-28-15-13-19)29(27(32)26(23)31)17-18-4-8-21(33-2)9-5-18/h4-15,24,30H,3,16-17H2,1-2H3/b25-23-. The molecule has 0 aliphatic carbocycles. The molecular weight excluding hydrogens is 432 g/mol. The lowest BCUT2D eigenvalue weighted by molar-refractivity contribution is -0.140. The Balaban J connectivity index is 1.74. The third-order valence-electron chi connectivity index (χ3n) is 5.67. The highest BCUT2D eigenvalue weighted by molar-refractivity contribution is 6.46. The number of rotatable bonds is 8. The normalized spacial score (nSPS) is 17.1. The van der Waals surface area contributed by atoms with E-state index in [9.17, 15) is 14.7 Å². The summed E-state index contributed by atoms with van der Waals surface area (Å²) in [5.41, 5.74) is 2.00. The Bertz CT molecular complexity index is 1190. The molecule has 174 valence electrons. The summed E-state index contributed by atoms with van der Waals surface area (Å²) >= 11 is 0. The molecule has 1 saturated heterocycles. The molecule has 7 heteroatoms. The van der Waals surface area contributed by atoms with Gasteiger partial charge >= 0.3 is 0 Å². The average Bonchev–Trinajstić information content (AvgIpc) is 3.13. The van der Waals surface area contributed by atoms with E-state index in [1.807, 2.05) is 19.1 Å². The van der Waals surface area contributed by atoms with Crippen LogP contribution in [0.1, 0.15) is 36.1 Å². The van der Waals surface area contributed by atoms with Gasteiger partial charge in [-0.15, -0.1) is 0 Å². The summed E-state index contributed by atoms with van der Waals surface area (Å²) < 4.78 is 10.8. The molecule has 1 N–H and O–H groups in total. The number of carbonyl (C=O) groups is 2. The van der Waals surface area contributed by atoms with Crippen LogP contribution in [-0.4, -0.2) is 40.4 Å². The van der Waals surface area contributed by atoms with Crippen LogP contribution in [-0.2, 0) is 16.1 Å². The van der Waals surface area contributed by atoms with E-state index in [1.54, 1.807) is 68.0 Å². The van der Waals surface area contributed by atoms with Crippen molar-refractivity contribution in [3.8, 4) is 11.5 Å². The van der Waals surface area contributed by atoms with Crippen LogP contribution in [0.4, 0.5) is 0 Å². The van der Waals surface area contributed by atoms with Gasteiger partial charge in [0.25, 0.3) is 11.7 Å². The number of benzene rings is 2. The number of amides is 1. The van der Waals surface area contributed by atoms with E-state index in [2.05, 4.69) is 4.98 Å². The summed E-state index contributed by atoms with van der Waals surface area (Å²) in [6, 6.07) is 16.9. The molecule has 0 spiro atoms. The molecular formula is C27H26N2O5. The molecule has 0 bridgehead atoms. The SMILES string of the molecule is CCCOc1ccc(/C(O)=C2/C(=O)C(=O)N(Cc3ccc(OC)cc3)C2c2ccncc2)cc1. The van der Waals surface area contributed by atoms with Gasteiger partial charge in [-0.3, -0.25) is 14.6 Å². The molecule has 1 unspecified atom stereocenters. The number of aromatic nitrogens is 1. The lowest BCUT2D eigenvalue weighted by Gasteiger charge is -2.25. The second kappa shape index (κ2) is 10.2. The first-order valence-corrected chi connectivity index (χ1v) is 11.1. The Morgan fingerprint density at radius 1 is 0.971 bits per heavy atom. The van der Waals surface area contributed by atoms with Gasteiger partial charge < -0.3 is 19.5 Å². The molecule has 2 aromatic carbocycles. The third-order valence-corrected chi connectivity index (χ3v) is 5.67. The largest absolute Gasteiger partial charge is 0.507 e. The van der Waals surface area contributed by atoms with Gasteiger partial charge in [0.2, 0.25) is 0 Å². The highest BCUT2D eigenvalue weighted by Gasteiger charge is 2.46. The zero-order valence-corrected chi connectivity index (χ0v) is 19.1. The number of pyridine rings is 1. The molecule has 1 amide bonds. The highest BCUT2D eigenvalue weighted by atomic mass is 16.5. The zero-order valence-electron chi connectivity index (χ0n) is 19.1. The molecule has 1 aromatic heterocycles. The van der Waals surface area contributed by atoms with Gasteiger partial charge in [-0.2, -0.15) is 0 Å². The first-order chi connectivity index (χ1) is 16.5. The summed E-state index contributed by atoms with van der Waals surface area (Å²) in [7, 11) is 1.58. The van der Waals surface area contributed by atoms with E-state index < -0.39 is 17.7 Å². The molecule has 1 atom stereocenters. The van der Waals surface area contributed by atoms with Crippen LogP contribution in [0, 0.1) is 0 Å². The predicted octanol–water partition coefficient (Wildman–Crippen LogP) is 4.50. The van der Waals surface area contributed by atoms with Gasteiger partial charge in [0.15, 0.2) is 0 Å². The Morgan fingerprint density at radius 3 is 2.24 bits per heavy atom. The van der Waals surface area contributed by atoms with E-state index in [1.165, 1.54) is 4.90 Å². The fraction of sp³-hybridized carbons (Fsp3) is 0.222. The predicted molar refractivity (Wildman–Crippen MR) is 127 cm³/mol. The molecule has 7 nitrogen and oxygen atoms in total. The number of likely N-dealkylation sites (tertiary alicyclic amines) is 1. The fourth-order valence-corrected chi connectivity index (χ4v) is 3.95. The lowest BCUT2D eigenvalue weighted by Crippen LogP contribution is -2.29. The molecule has 0 radical (unpaired) electrons. The van der Waals surface area contributed by atoms with Crippen LogP contribution < -0.4 is 9.47 Å². The van der Waals surface area contributed by atoms with Crippen LogP contribution in [0.5, 0.6) is 11.5 Å². The van der Waals surface area contributed by atoms with Crippen LogP contribution in [0.2, 0.25) is 0 Å². The maximum atomic E-state index is 13.1. The molecule has 0 saturated carbocycles. The van der Waals surface area contributed by atoms with Crippen molar-refractivity contribution < 1.29 is 24.2 Å². The van der Waals surface area contributed by atoms with Crippen molar-refractivity contribution in [3.05, 3.63) is 95.3 Å². The number of aliphatic hydroxyl groups is 1. The van der Waals surface area contributed by atoms with Crippen molar-refractivity contribution in [2.24, 2.45) is 0 Å². The van der Waals surface area contributed by atoms with E-state index in [4.69, 9.17) is 9.47 Å². The number of aliphatic hydroxyl groups excluding tert-OH is 1. The van der Waals surface area contributed by atoms with Crippen molar-refractivity contribution in [1.29, 1.82) is 0 Å². The molecule has 1 fully saturated rings. The number of Topliss-reactive ketones (excluding diaryl/α,β-unsaturated/α-hetero) is 1. The summed E-state index contributed by atoms with van der Waals surface area (Å²) in [6.45, 7) is 2.80. The second-order valence-corrected chi connectivity index (χ2v) is 7.93. The first kappa shape index (κ1) is 23.0. The molecule has 4 rings (SSSR count). The quantitative estimate of drug-likeness (QED) is 0.304. The Kier molecular flexibility index (Phi) is 6.92. The van der Waals surface area contributed by atoms with Gasteiger partial charge in [-0.05, 0) is 66.1 Å². The summed E-state index contributed by atoms with van der Waals surface area (Å²) in [5, 5.41) is 11.2. The molecule has 34 heavy (non-hydrogen) atoms. The Labute approximate surface area is 198 Å². The zero-order chi connectivity index (χ0) is 24.1. The average molecular weight is 459 g/mol. The molecule has 2 heterocycles. The van der Waals surface area contributed by atoms with Crippen LogP contribution in [0.3, 0.4) is 0 Å². The maximum absolute atomic E-state index is 13.1. The van der Waals surface area contributed by atoms with E-state index >= 15 is 0 Å². The van der Waals surface area contributed by atoms with E-state index in [0.29, 0.717) is 29.2 Å². The van der Waals surface area contributed by atoms with E-state index in [0.717, 1.165) is 12.0 Å². The number of carbonyl (C=O) groups excluding carboxylic acids is 2. The van der Waals surface area contributed by atoms with Crippen molar-refractivity contribution in [1.82, 2.24) is 9.88 Å². The number of ether oxygens (including phenoxy) is 2.